The van der Waals surface area contributed by atoms with Crippen molar-refractivity contribution in [1.82, 2.24) is 10.6 Å². The number of rotatable bonds is 5. The summed E-state index contributed by atoms with van der Waals surface area (Å²) in [5.74, 6) is 0.0373. The van der Waals surface area contributed by atoms with Gasteiger partial charge in [-0.05, 0) is 27.7 Å². The maximum atomic E-state index is 11.4. The lowest BCUT2D eigenvalue weighted by Gasteiger charge is -2.20. The molecule has 0 saturated heterocycles. The van der Waals surface area contributed by atoms with E-state index >= 15 is 0 Å². The third-order valence-electron chi connectivity index (χ3n) is 1.71. The maximum Gasteiger partial charge on any atom is 0.221 e. The number of hydrogen-bond acceptors (Lipinski definition) is 3. The Kier molecular flexibility index (Phi) is 5.95. The predicted molar refractivity (Wildman–Crippen MR) is 60.2 cm³/mol. The molecule has 1 unspecified atom stereocenters. The summed E-state index contributed by atoms with van der Waals surface area (Å²) < 4.78 is 0. The van der Waals surface area contributed by atoms with E-state index < -0.39 is 0 Å². The number of amides is 1. The summed E-state index contributed by atoms with van der Waals surface area (Å²) in [7, 11) is 0. The number of nitrogens with zero attached hydrogens (tertiary/aromatic N) is 1. The molecular weight excluding hydrogens is 190 g/mol. The van der Waals surface area contributed by atoms with E-state index in [1.54, 1.807) is 0 Å². The van der Waals surface area contributed by atoms with Crippen LogP contribution in [-0.4, -0.2) is 24.5 Å². The summed E-state index contributed by atoms with van der Waals surface area (Å²) in [5.41, 5.74) is -0.170. The van der Waals surface area contributed by atoms with Gasteiger partial charge < -0.3 is 10.6 Å². The zero-order valence-corrected chi connectivity index (χ0v) is 10.1. The van der Waals surface area contributed by atoms with Gasteiger partial charge in [-0.15, -0.1) is 0 Å². The highest BCUT2D eigenvalue weighted by Crippen LogP contribution is 1.98. The average molecular weight is 211 g/mol. The Morgan fingerprint density at radius 3 is 2.53 bits per heavy atom. The van der Waals surface area contributed by atoms with Crippen LogP contribution >= 0.6 is 0 Å². The molecule has 86 valence electrons. The summed E-state index contributed by atoms with van der Waals surface area (Å²) in [6.45, 7) is 8.97. The van der Waals surface area contributed by atoms with E-state index in [4.69, 9.17) is 5.26 Å². The molecule has 0 saturated carbocycles. The number of nitriles is 1. The van der Waals surface area contributed by atoms with Gasteiger partial charge in [0.1, 0.15) is 0 Å². The SMILES string of the molecule is CC(C#N)CNCCC(=O)NC(C)(C)C. The molecule has 0 heterocycles. The van der Waals surface area contributed by atoms with Crippen molar-refractivity contribution >= 4 is 5.91 Å². The highest BCUT2D eigenvalue weighted by Gasteiger charge is 2.12. The van der Waals surface area contributed by atoms with Gasteiger partial charge in [0.05, 0.1) is 12.0 Å². The van der Waals surface area contributed by atoms with Crippen molar-refractivity contribution in [2.75, 3.05) is 13.1 Å². The second-order valence-electron chi connectivity index (χ2n) is 4.78. The normalized spacial score (nSPS) is 13.0. The van der Waals surface area contributed by atoms with Crippen molar-refractivity contribution in [2.45, 2.75) is 39.7 Å². The summed E-state index contributed by atoms with van der Waals surface area (Å²) in [5, 5.41) is 14.5. The lowest BCUT2D eigenvalue weighted by molar-refractivity contribution is -0.122. The van der Waals surface area contributed by atoms with E-state index in [0.717, 1.165) is 0 Å². The van der Waals surface area contributed by atoms with Crippen molar-refractivity contribution in [2.24, 2.45) is 5.92 Å². The molecule has 1 amide bonds. The topological polar surface area (TPSA) is 64.9 Å². The molecule has 4 heteroatoms. The minimum absolute atomic E-state index is 0.00400. The van der Waals surface area contributed by atoms with Crippen molar-refractivity contribution in [3.63, 3.8) is 0 Å². The fraction of sp³-hybridized carbons (Fsp3) is 0.818. The Hall–Kier alpha value is -1.08. The van der Waals surface area contributed by atoms with Crippen LogP contribution in [0.15, 0.2) is 0 Å². The minimum atomic E-state index is -0.170. The zero-order valence-electron chi connectivity index (χ0n) is 10.1. The van der Waals surface area contributed by atoms with Gasteiger partial charge in [-0.25, -0.2) is 0 Å². The Morgan fingerprint density at radius 1 is 1.47 bits per heavy atom. The van der Waals surface area contributed by atoms with Crippen LogP contribution < -0.4 is 10.6 Å². The van der Waals surface area contributed by atoms with E-state index in [9.17, 15) is 4.79 Å². The molecule has 0 aliphatic rings. The van der Waals surface area contributed by atoms with Gasteiger partial charge in [0, 0.05) is 25.0 Å². The molecule has 0 aliphatic heterocycles. The van der Waals surface area contributed by atoms with E-state index in [1.807, 2.05) is 27.7 Å². The average Bonchev–Trinajstić information content (AvgIpc) is 2.09. The molecule has 2 N–H and O–H groups in total. The van der Waals surface area contributed by atoms with Gasteiger partial charge in [0.15, 0.2) is 0 Å². The molecule has 0 radical (unpaired) electrons. The molecule has 1 atom stereocenters. The number of carbonyl (C=O) groups is 1. The van der Waals surface area contributed by atoms with Crippen LogP contribution in [0.1, 0.15) is 34.1 Å². The summed E-state index contributed by atoms with van der Waals surface area (Å²) >= 11 is 0. The second-order valence-corrected chi connectivity index (χ2v) is 4.78. The molecule has 0 spiro atoms. The van der Waals surface area contributed by atoms with Gasteiger partial charge in [-0.2, -0.15) is 5.26 Å². The third-order valence-corrected chi connectivity index (χ3v) is 1.71. The molecule has 0 rings (SSSR count). The van der Waals surface area contributed by atoms with Gasteiger partial charge in [0.2, 0.25) is 5.91 Å². The largest absolute Gasteiger partial charge is 0.351 e. The molecular formula is C11H21N3O. The first-order valence-electron chi connectivity index (χ1n) is 5.26. The minimum Gasteiger partial charge on any atom is -0.351 e. The van der Waals surface area contributed by atoms with E-state index in [2.05, 4.69) is 16.7 Å². The van der Waals surface area contributed by atoms with E-state index in [1.165, 1.54) is 0 Å². The highest BCUT2D eigenvalue weighted by atomic mass is 16.1. The van der Waals surface area contributed by atoms with Crippen LogP contribution in [0.25, 0.3) is 0 Å². The number of carbonyl (C=O) groups excluding carboxylic acids is 1. The van der Waals surface area contributed by atoms with Crippen molar-refractivity contribution in [3.05, 3.63) is 0 Å². The van der Waals surface area contributed by atoms with Crippen LogP contribution in [0, 0.1) is 17.2 Å². The van der Waals surface area contributed by atoms with Crippen LogP contribution in [0.3, 0.4) is 0 Å². The van der Waals surface area contributed by atoms with Gasteiger partial charge in [0.25, 0.3) is 0 Å². The first-order valence-corrected chi connectivity index (χ1v) is 5.26. The Balaban J connectivity index is 3.53. The van der Waals surface area contributed by atoms with Crippen LogP contribution in [0.2, 0.25) is 0 Å². The molecule has 0 bridgehead atoms. The van der Waals surface area contributed by atoms with Crippen LogP contribution in [0.5, 0.6) is 0 Å². The second kappa shape index (κ2) is 6.41. The van der Waals surface area contributed by atoms with Gasteiger partial charge in [-0.1, -0.05) is 0 Å². The zero-order chi connectivity index (χ0) is 11.9. The van der Waals surface area contributed by atoms with E-state index in [0.29, 0.717) is 19.5 Å². The quantitative estimate of drug-likeness (QED) is 0.668. The van der Waals surface area contributed by atoms with Gasteiger partial charge in [-0.3, -0.25) is 4.79 Å². The summed E-state index contributed by atoms with van der Waals surface area (Å²) in [6.07, 6.45) is 0.454. The fourth-order valence-corrected chi connectivity index (χ4v) is 1.05. The molecule has 0 aromatic carbocycles. The van der Waals surface area contributed by atoms with E-state index in [-0.39, 0.29) is 17.4 Å². The first kappa shape index (κ1) is 13.9. The first-order chi connectivity index (χ1) is 6.85. The predicted octanol–water partition coefficient (Wildman–Crippen LogP) is 1.04. The monoisotopic (exact) mass is 211 g/mol. The van der Waals surface area contributed by atoms with Crippen molar-refractivity contribution in [1.29, 1.82) is 5.26 Å². The summed E-state index contributed by atoms with van der Waals surface area (Å²) in [6, 6.07) is 2.13. The molecule has 0 fully saturated rings. The molecule has 15 heavy (non-hydrogen) atoms. The van der Waals surface area contributed by atoms with Crippen molar-refractivity contribution < 1.29 is 4.79 Å². The fourth-order valence-electron chi connectivity index (χ4n) is 1.05. The lowest BCUT2D eigenvalue weighted by atomic mass is 10.1. The smallest absolute Gasteiger partial charge is 0.221 e. The van der Waals surface area contributed by atoms with Gasteiger partial charge >= 0.3 is 0 Å². The molecule has 4 nitrogen and oxygen atoms in total. The molecule has 0 aromatic heterocycles. The van der Waals surface area contributed by atoms with Crippen LogP contribution in [0.4, 0.5) is 0 Å². The summed E-state index contributed by atoms with van der Waals surface area (Å²) in [4.78, 5) is 11.4. The third kappa shape index (κ3) is 9.23. The molecule has 0 aromatic rings. The Labute approximate surface area is 92.0 Å². The van der Waals surface area contributed by atoms with Crippen molar-refractivity contribution in [3.8, 4) is 6.07 Å². The standard InChI is InChI=1S/C11H21N3O/c1-9(7-12)8-13-6-5-10(15)14-11(2,3)4/h9,13H,5-6,8H2,1-4H3,(H,14,15). The number of nitrogens with one attached hydrogen (secondary N) is 2. The number of hydrogen-bond donors (Lipinski definition) is 2. The highest BCUT2D eigenvalue weighted by molar-refractivity contribution is 5.76. The van der Waals surface area contributed by atoms with Crippen LogP contribution in [-0.2, 0) is 4.79 Å². The Bertz CT molecular complexity index is 237. The molecule has 0 aliphatic carbocycles. The Morgan fingerprint density at radius 2 is 2.07 bits per heavy atom. The maximum absolute atomic E-state index is 11.4. The lowest BCUT2D eigenvalue weighted by Crippen LogP contribution is -2.41.